The van der Waals surface area contributed by atoms with Gasteiger partial charge in [-0.3, -0.25) is 4.79 Å². The summed E-state index contributed by atoms with van der Waals surface area (Å²) in [5.74, 6) is 0.714. The minimum Gasteiger partial charge on any atom is -0.496 e. The predicted molar refractivity (Wildman–Crippen MR) is 90.6 cm³/mol. The van der Waals surface area contributed by atoms with Crippen LogP contribution in [0.2, 0.25) is 0 Å². The highest BCUT2D eigenvalue weighted by molar-refractivity contribution is 5.95. The van der Waals surface area contributed by atoms with Gasteiger partial charge in [0, 0.05) is 23.0 Å². The summed E-state index contributed by atoms with van der Waals surface area (Å²) in [5.41, 5.74) is 2.08. The summed E-state index contributed by atoms with van der Waals surface area (Å²) in [5, 5.41) is 5.29. The van der Waals surface area contributed by atoms with E-state index in [1.54, 1.807) is 37.5 Å². The average Bonchev–Trinajstić information content (AvgIpc) is 2.55. The van der Waals surface area contributed by atoms with Gasteiger partial charge >= 0.3 is 6.03 Å². The lowest BCUT2D eigenvalue weighted by Gasteiger charge is -2.06. The van der Waals surface area contributed by atoms with Gasteiger partial charge in [-0.1, -0.05) is 18.2 Å². The summed E-state index contributed by atoms with van der Waals surface area (Å²) in [7, 11) is 1.59. The summed E-state index contributed by atoms with van der Waals surface area (Å²) in [4.78, 5) is 23.0. The van der Waals surface area contributed by atoms with Gasteiger partial charge in [0.15, 0.2) is 5.78 Å². The second-order valence-corrected chi connectivity index (χ2v) is 4.81. The van der Waals surface area contributed by atoms with Crippen LogP contribution in [0.4, 0.5) is 10.5 Å². The van der Waals surface area contributed by atoms with Crippen molar-refractivity contribution < 1.29 is 14.3 Å². The third kappa shape index (κ3) is 4.71. The van der Waals surface area contributed by atoms with Gasteiger partial charge in [-0.05, 0) is 43.3 Å². The van der Waals surface area contributed by atoms with E-state index in [0.717, 1.165) is 11.3 Å². The Morgan fingerprint density at radius 2 is 1.74 bits per heavy atom. The summed E-state index contributed by atoms with van der Waals surface area (Å²) in [6.07, 6.45) is 3.29. The van der Waals surface area contributed by atoms with Crippen LogP contribution in [0.3, 0.4) is 0 Å². The Kier molecular flexibility index (Phi) is 5.52. The van der Waals surface area contributed by atoms with Crippen molar-refractivity contribution in [2.75, 3.05) is 12.4 Å². The monoisotopic (exact) mass is 310 g/mol. The van der Waals surface area contributed by atoms with E-state index < -0.39 is 0 Å². The van der Waals surface area contributed by atoms with Crippen LogP contribution in [0.1, 0.15) is 22.8 Å². The fourth-order valence-corrected chi connectivity index (χ4v) is 1.97. The largest absolute Gasteiger partial charge is 0.496 e. The quantitative estimate of drug-likeness (QED) is 0.828. The van der Waals surface area contributed by atoms with Crippen LogP contribution < -0.4 is 15.4 Å². The minimum absolute atomic E-state index is 0.0132. The molecule has 5 nitrogen and oxygen atoms in total. The smallest absolute Gasteiger partial charge is 0.323 e. The number of carbonyl (C=O) groups excluding carboxylic acids is 2. The number of rotatable bonds is 5. The molecular weight excluding hydrogens is 292 g/mol. The second kappa shape index (κ2) is 7.79. The van der Waals surface area contributed by atoms with E-state index in [9.17, 15) is 9.59 Å². The van der Waals surface area contributed by atoms with E-state index in [4.69, 9.17) is 4.74 Å². The number of amides is 2. The lowest BCUT2D eigenvalue weighted by atomic mass is 10.1. The van der Waals surface area contributed by atoms with Crippen LogP contribution in [-0.2, 0) is 0 Å². The topological polar surface area (TPSA) is 67.4 Å². The third-order valence-electron chi connectivity index (χ3n) is 3.17. The molecule has 0 saturated heterocycles. The van der Waals surface area contributed by atoms with E-state index >= 15 is 0 Å². The highest BCUT2D eigenvalue weighted by Gasteiger charge is 2.02. The van der Waals surface area contributed by atoms with Crippen molar-refractivity contribution in [3.8, 4) is 5.75 Å². The molecule has 2 aromatic carbocycles. The van der Waals surface area contributed by atoms with E-state index in [1.165, 1.54) is 13.1 Å². The van der Waals surface area contributed by atoms with Gasteiger partial charge in [0.1, 0.15) is 5.75 Å². The molecule has 23 heavy (non-hydrogen) atoms. The first kappa shape index (κ1) is 16.3. The molecule has 0 aliphatic heterocycles. The van der Waals surface area contributed by atoms with E-state index in [2.05, 4.69) is 10.6 Å². The number of methoxy groups -OCH3 is 1. The standard InChI is InChI=1S/C18H18N2O3/c1-13(21)14-7-9-16(10-8-14)20-18(22)19-12-11-15-5-3-4-6-17(15)23-2/h3-12H,1-2H3,(H2,19,20,22)/b12-11+. The molecule has 0 aromatic heterocycles. The normalized spacial score (nSPS) is 10.3. The van der Waals surface area contributed by atoms with Gasteiger partial charge in [0.05, 0.1) is 7.11 Å². The zero-order valence-corrected chi connectivity index (χ0v) is 13.0. The second-order valence-electron chi connectivity index (χ2n) is 4.81. The van der Waals surface area contributed by atoms with Crippen molar-refractivity contribution in [3.05, 3.63) is 65.9 Å². The zero-order valence-electron chi connectivity index (χ0n) is 13.0. The lowest BCUT2D eigenvalue weighted by Crippen LogP contribution is -2.23. The van der Waals surface area contributed by atoms with Crippen LogP contribution in [-0.4, -0.2) is 18.9 Å². The molecule has 5 heteroatoms. The zero-order chi connectivity index (χ0) is 16.7. The molecule has 0 heterocycles. The maximum absolute atomic E-state index is 11.8. The van der Waals surface area contributed by atoms with Crippen molar-refractivity contribution in [1.29, 1.82) is 0 Å². The molecule has 2 amide bonds. The lowest BCUT2D eigenvalue weighted by molar-refractivity contribution is 0.101. The Bertz CT molecular complexity index is 721. The number of ether oxygens (including phenoxy) is 1. The number of Topliss-reactive ketones (excluding diaryl/α,β-unsaturated/α-hetero) is 1. The Morgan fingerprint density at radius 3 is 2.39 bits per heavy atom. The van der Waals surface area contributed by atoms with Crippen molar-refractivity contribution >= 4 is 23.6 Å². The number of urea groups is 1. The maximum Gasteiger partial charge on any atom is 0.323 e. The summed E-state index contributed by atoms with van der Waals surface area (Å²) >= 11 is 0. The Balaban J connectivity index is 1.92. The molecular formula is C18H18N2O3. The fourth-order valence-electron chi connectivity index (χ4n) is 1.97. The average molecular weight is 310 g/mol. The van der Waals surface area contributed by atoms with Crippen molar-refractivity contribution in [2.24, 2.45) is 0 Å². The Morgan fingerprint density at radius 1 is 1.04 bits per heavy atom. The molecule has 2 N–H and O–H groups in total. The van der Waals surface area contributed by atoms with Gasteiger partial charge in [0.25, 0.3) is 0 Å². The molecule has 0 unspecified atom stereocenters. The summed E-state index contributed by atoms with van der Waals surface area (Å²) in [6, 6.07) is 13.8. The number of anilines is 1. The molecule has 118 valence electrons. The highest BCUT2D eigenvalue weighted by atomic mass is 16.5. The first-order valence-electron chi connectivity index (χ1n) is 7.08. The number of hydrogen-bond donors (Lipinski definition) is 2. The molecule has 2 aromatic rings. The van der Waals surface area contributed by atoms with Crippen LogP contribution in [0, 0.1) is 0 Å². The first-order valence-corrected chi connectivity index (χ1v) is 7.08. The first-order chi connectivity index (χ1) is 11.1. The van der Waals surface area contributed by atoms with Crippen molar-refractivity contribution in [1.82, 2.24) is 5.32 Å². The van der Waals surface area contributed by atoms with E-state index in [1.807, 2.05) is 24.3 Å². The molecule has 0 aliphatic rings. The van der Waals surface area contributed by atoms with Crippen LogP contribution >= 0.6 is 0 Å². The van der Waals surface area contributed by atoms with Crippen LogP contribution in [0.25, 0.3) is 6.08 Å². The number of carbonyl (C=O) groups is 2. The SMILES string of the molecule is COc1ccccc1/C=C/NC(=O)Nc1ccc(C(C)=O)cc1. The summed E-state index contributed by atoms with van der Waals surface area (Å²) in [6.45, 7) is 1.50. The molecule has 0 spiro atoms. The molecule has 0 atom stereocenters. The molecule has 0 bridgehead atoms. The Labute approximate surface area is 135 Å². The molecule has 0 saturated carbocycles. The highest BCUT2D eigenvalue weighted by Crippen LogP contribution is 2.18. The van der Waals surface area contributed by atoms with Gasteiger partial charge in [0.2, 0.25) is 0 Å². The fraction of sp³-hybridized carbons (Fsp3) is 0.111. The van der Waals surface area contributed by atoms with E-state index in [-0.39, 0.29) is 11.8 Å². The molecule has 2 rings (SSSR count). The number of benzene rings is 2. The maximum atomic E-state index is 11.8. The Hall–Kier alpha value is -3.08. The minimum atomic E-state index is -0.369. The summed E-state index contributed by atoms with van der Waals surface area (Å²) < 4.78 is 5.22. The predicted octanol–water partition coefficient (Wildman–Crippen LogP) is 3.69. The number of para-hydroxylation sites is 1. The molecule has 0 radical (unpaired) electrons. The third-order valence-corrected chi connectivity index (χ3v) is 3.17. The van der Waals surface area contributed by atoms with Gasteiger partial charge in [-0.15, -0.1) is 0 Å². The number of hydrogen-bond acceptors (Lipinski definition) is 3. The van der Waals surface area contributed by atoms with Crippen LogP contribution in [0.5, 0.6) is 5.75 Å². The molecule has 0 fully saturated rings. The van der Waals surface area contributed by atoms with Gasteiger partial charge < -0.3 is 15.4 Å². The number of ketones is 1. The van der Waals surface area contributed by atoms with Crippen LogP contribution in [0.15, 0.2) is 54.7 Å². The van der Waals surface area contributed by atoms with Crippen molar-refractivity contribution in [3.63, 3.8) is 0 Å². The molecule has 0 aliphatic carbocycles. The van der Waals surface area contributed by atoms with Gasteiger partial charge in [-0.2, -0.15) is 0 Å². The van der Waals surface area contributed by atoms with Crippen molar-refractivity contribution in [2.45, 2.75) is 6.92 Å². The van der Waals surface area contributed by atoms with Gasteiger partial charge in [-0.25, -0.2) is 4.79 Å². The number of nitrogens with one attached hydrogen (secondary N) is 2. The van der Waals surface area contributed by atoms with E-state index in [0.29, 0.717) is 11.3 Å².